The molecule has 0 aliphatic carbocycles. The van der Waals surface area contributed by atoms with Gasteiger partial charge in [0.2, 0.25) is 0 Å². The molecule has 23 heavy (non-hydrogen) atoms. The number of nitrogens with zero attached hydrogens (tertiary/aromatic N) is 1. The Bertz CT molecular complexity index is 772. The number of hydrogen-bond donors (Lipinski definition) is 2. The minimum atomic E-state index is -0.494. The van der Waals surface area contributed by atoms with Crippen LogP contribution in [0.1, 0.15) is 32.8 Å². The van der Waals surface area contributed by atoms with Crippen molar-refractivity contribution in [2.45, 2.75) is 32.8 Å². The van der Waals surface area contributed by atoms with Crippen LogP contribution in [0.5, 0.6) is 0 Å². The van der Waals surface area contributed by atoms with Crippen molar-refractivity contribution in [3.63, 3.8) is 0 Å². The van der Waals surface area contributed by atoms with E-state index in [0.29, 0.717) is 23.9 Å². The van der Waals surface area contributed by atoms with Crippen LogP contribution in [-0.2, 0) is 4.74 Å². The highest BCUT2D eigenvalue weighted by Crippen LogP contribution is 2.11. The summed E-state index contributed by atoms with van der Waals surface area (Å²) in [6.45, 7) is 5.95. The molecule has 0 saturated heterocycles. The zero-order valence-electron chi connectivity index (χ0n) is 13.6. The first-order valence-electron chi connectivity index (χ1n) is 7.46. The van der Waals surface area contributed by atoms with Gasteiger partial charge in [0.25, 0.3) is 5.56 Å². The van der Waals surface area contributed by atoms with Crippen molar-refractivity contribution in [2.24, 2.45) is 0 Å². The topological polar surface area (TPSA) is 84.1 Å². The van der Waals surface area contributed by atoms with E-state index in [2.05, 4.69) is 15.3 Å². The van der Waals surface area contributed by atoms with Gasteiger partial charge in [0.05, 0.1) is 17.2 Å². The summed E-state index contributed by atoms with van der Waals surface area (Å²) >= 11 is 0. The third-order valence-electron chi connectivity index (χ3n) is 2.95. The van der Waals surface area contributed by atoms with E-state index < -0.39 is 11.7 Å². The van der Waals surface area contributed by atoms with Crippen LogP contribution in [0, 0.1) is 0 Å². The number of benzene rings is 1. The third kappa shape index (κ3) is 5.25. The van der Waals surface area contributed by atoms with Crippen LogP contribution in [0.25, 0.3) is 17.0 Å². The SMILES string of the molecule is CC(C)(C)OC(=O)NCCC=Cc1ccc2nc[nH]c(=O)c2c1. The summed E-state index contributed by atoms with van der Waals surface area (Å²) in [4.78, 5) is 29.8. The molecular weight excluding hydrogens is 294 g/mol. The molecular formula is C17H21N3O3. The second-order valence-electron chi connectivity index (χ2n) is 6.13. The Hall–Kier alpha value is -2.63. The van der Waals surface area contributed by atoms with Crippen molar-refractivity contribution in [3.05, 3.63) is 46.5 Å². The number of hydrogen-bond acceptors (Lipinski definition) is 4. The smallest absolute Gasteiger partial charge is 0.407 e. The zero-order valence-corrected chi connectivity index (χ0v) is 13.6. The lowest BCUT2D eigenvalue weighted by Crippen LogP contribution is -2.32. The van der Waals surface area contributed by atoms with Crippen molar-refractivity contribution in [2.75, 3.05) is 6.54 Å². The van der Waals surface area contributed by atoms with Crippen molar-refractivity contribution in [1.29, 1.82) is 0 Å². The van der Waals surface area contributed by atoms with E-state index in [1.165, 1.54) is 6.33 Å². The van der Waals surface area contributed by atoms with E-state index in [0.717, 1.165) is 5.56 Å². The molecule has 0 atom stereocenters. The Balaban J connectivity index is 1.88. The standard InChI is InChI=1S/C17H21N3O3/c1-17(2,3)23-16(22)18-9-5-4-6-12-7-8-14-13(10-12)15(21)20-11-19-14/h4,6-8,10-11H,5,9H2,1-3H3,(H,18,22)(H,19,20,21). The number of H-pyrrole nitrogens is 1. The van der Waals surface area contributed by atoms with Gasteiger partial charge in [-0.15, -0.1) is 0 Å². The second-order valence-corrected chi connectivity index (χ2v) is 6.13. The van der Waals surface area contributed by atoms with E-state index in [-0.39, 0.29) is 5.56 Å². The van der Waals surface area contributed by atoms with Gasteiger partial charge in [-0.2, -0.15) is 0 Å². The summed E-state index contributed by atoms with van der Waals surface area (Å²) in [5, 5.41) is 3.24. The van der Waals surface area contributed by atoms with Gasteiger partial charge in [-0.05, 0) is 44.9 Å². The predicted molar refractivity (Wildman–Crippen MR) is 90.3 cm³/mol. The maximum atomic E-state index is 11.7. The summed E-state index contributed by atoms with van der Waals surface area (Å²) in [6.07, 6.45) is 5.48. The van der Waals surface area contributed by atoms with Crippen LogP contribution in [-0.4, -0.2) is 28.2 Å². The molecule has 0 radical (unpaired) electrons. The van der Waals surface area contributed by atoms with Crippen LogP contribution in [0.3, 0.4) is 0 Å². The summed E-state index contributed by atoms with van der Waals surface area (Å²) in [5.41, 5.74) is 0.925. The molecule has 1 heterocycles. The van der Waals surface area contributed by atoms with Crippen LogP contribution in [0.4, 0.5) is 4.79 Å². The van der Waals surface area contributed by atoms with Crippen LogP contribution in [0.15, 0.2) is 35.4 Å². The van der Waals surface area contributed by atoms with Crippen LogP contribution in [0.2, 0.25) is 0 Å². The fraction of sp³-hybridized carbons (Fsp3) is 0.353. The molecule has 1 aromatic carbocycles. The molecule has 2 aromatic rings. The minimum Gasteiger partial charge on any atom is -0.444 e. The van der Waals surface area contributed by atoms with Crippen LogP contribution < -0.4 is 10.9 Å². The number of carbonyl (C=O) groups is 1. The highest BCUT2D eigenvalue weighted by Gasteiger charge is 2.15. The first-order chi connectivity index (χ1) is 10.8. The summed E-state index contributed by atoms with van der Waals surface area (Å²) in [6, 6.07) is 5.49. The van der Waals surface area contributed by atoms with Gasteiger partial charge in [0.1, 0.15) is 5.60 Å². The molecule has 0 fully saturated rings. The number of amides is 1. The van der Waals surface area contributed by atoms with E-state index in [9.17, 15) is 9.59 Å². The van der Waals surface area contributed by atoms with Gasteiger partial charge in [-0.25, -0.2) is 9.78 Å². The lowest BCUT2D eigenvalue weighted by molar-refractivity contribution is 0.0529. The molecule has 2 N–H and O–H groups in total. The highest BCUT2D eigenvalue weighted by atomic mass is 16.6. The molecule has 0 unspecified atom stereocenters. The molecule has 0 bridgehead atoms. The summed E-state index contributed by atoms with van der Waals surface area (Å²) in [5.74, 6) is 0. The maximum Gasteiger partial charge on any atom is 0.407 e. The second kappa shape index (κ2) is 7.09. The van der Waals surface area contributed by atoms with E-state index in [4.69, 9.17) is 4.74 Å². The Morgan fingerprint density at radius 1 is 1.39 bits per heavy atom. The predicted octanol–water partition coefficient (Wildman–Crippen LogP) is 2.85. The number of aromatic nitrogens is 2. The van der Waals surface area contributed by atoms with Gasteiger partial charge in [-0.1, -0.05) is 18.2 Å². The molecule has 0 spiro atoms. The first kappa shape index (κ1) is 16.7. The summed E-state index contributed by atoms with van der Waals surface area (Å²) in [7, 11) is 0. The van der Waals surface area contributed by atoms with Gasteiger partial charge >= 0.3 is 6.09 Å². The number of alkyl carbamates (subject to hydrolysis) is 1. The number of rotatable bonds is 4. The Kier molecular flexibility index (Phi) is 5.16. The first-order valence-corrected chi connectivity index (χ1v) is 7.46. The Morgan fingerprint density at radius 2 is 2.17 bits per heavy atom. The fourth-order valence-electron chi connectivity index (χ4n) is 1.98. The van der Waals surface area contributed by atoms with Gasteiger partial charge in [0, 0.05) is 6.54 Å². The third-order valence-corrected chi connectivity index (χ3v) is 2.95. The number of ether oxygens (including phenoxy) is 1. The number of carbonyl (C=O) groups excluding carboxylic acids is 1. The number of aromatic amines is 1. The van der Waals surface area contributed by atoms with E-state index in [1.807, 2.05) is 45.1 Å². The molecule has 6 nitrogen and oxygen atoms in total. The molecule has 0 aliphatic heterocycles. The fourth-order valence-corrected chi connectivity index (χ4v) is 1.98. The molecule has 1 amide bonds. The van der Waals surface area contributed by atoms with Gasteiger partial charge in [0.15, 0.2) is 0 Å². The van der Waals surface area contributed by atoms with Crippen molar-refractivity contribution < 1.29 is 9.53 Å². The largest absolute Gasteiger partial charge is 0.444 e. The lowest BCUT2D eigenvalue weighted by atomic mass is 10.1. The molecule has 0 saturated carbocycles. The molecule has 1 aromatic heterocycles. The number of fused-ring (bicyclic) bond motifs is 1. The minimum absolute atomic E-state index is 0.156. The molecule has 122 valence electrons. The molecule has 0 aliphatic rings. The van der Waals surface area contributed by atoms with Crippen LogP contribution >= 0.6 is 0 Å². The average molecular weight is 315 g/mol. The van der Waals surface area contributed by atoms with E-state index >= 15 is 0 Å². The van der Waals surface area contributed by atoms with Crippen molar-refractivity contribution in [3.8, 4) is 0 Å². The zero-order chi connectivity index (χ0) is 16.9. The maximum absolute atomic E-state index is 11.7. The van der Waals surface area contributed by atoms with Crippen molar-refractivity contribution >= 4 is 23.1 Å². The monoisotopic (exact) mass is 315 g/mol. The van der Waals surface area contributed by atoms with Gasteiger partial charge < -0.3 is 15.0 Å². The summed E-state index contributed by atoms with van der Waals surface area (Å²) < 4.78 is 5.14. The lowest BCUT2D eigenvalue weighted by Gasteiger charge is -2.19. The average Bonchev–Trinajstić information content (AvgIpc) is 2.46. The molecule has 6 heteroatoms. The quantitative estimate of drug-likeness (QED) is 0.850. The highest BCUT2D eigenvalue weighted by molar-refractivity contribution is 5.80. The normalized spacial score (nSPS) is 11.8. The molecule has 2 rings (SSSR count). The van der Waals surface area contributed by atoms with E-state index in [1.54, 1.807) is 6.07 Å². The van der Waals surface area contributed by atoms with Gasteiger partial charge in [-0.3, -0.25) is 4.79 Å². The van der Waals surface area contributed by atoms with Crippen molar-refractivity contribution in [1.82, 2.24) is 15.3 Å². The Labute approximate surface area is 134 Å². The Morgan fingerprint density at radius 3 is 2.91 bits per heavy atom. The number of nitrogens with one attached hydrogen (secondary N) is 2.